The van der Waals surface area contributed by atoms with E-state index in [0.717, 1.165) is 5.56 Å². The van der Waals surface area contributed by atoms with Crippen LogP contribution in [0.15, 0.2) is 24.3 Å². The number of carboxylic acid groups (broad SMARTS) is 1. The highest BCUT2D eigenvalue weighted by Gasteiger charge is 2.38. The highest BCUT2D eigenvalue weighted by molar-refractivity contribution is 5.88. The van der Waals surface area contributed by atoms with Gasteiger partial charge in [0.05, 0.1) is 18.4 Å². The van der Waals surface area contributed by atoms with Gasteiger partial charge in [0, 0.05) is 6.42 Å². The molecule has 0 saturated carbocycles. The first kappa shape index (κ1) is 24.7. The Morgan fingerprint density at radius 1 is 1.23 bits per heavy atom. The van der Waals surface area contributed by atoms with E-state index in [4.69, 9.17) is 9.47 Å². The van der Waals surface area contributed by atoms with Gasteiger partial charge in [-0.05, 0) is 63.6 Å². The average molecular weight is 434 g/mol. The maximum absolute atomic E-state index is 13.3. The predicted octanol–water partition coefficient (Wildman–Crippen LogP) is 3.59. The van der Waals surface area contributed by atoms with Gasteiger partial charge in [0.25, 0.3) is 0 Å². The topological polar surface area (TPSA) is 102 Å². The first-order valence-electron chi connectivity index (χ1n) is 10.9. The second-order valence-corrected chi connectivity index (χ2v) is 9.61. The van der Waals surface area contributed by atoms with Crippen molar-refractivity contribution in [1.29, 1.82) is 0 Å². The number of nitrogens with one attached hydrogen (secondary N) is 1. The number of carbonyl (C=O) groups is 3. The Hall–Kier alpha value is -2.57. The van der Waals surface area contributed by atoms with Gasteiger partial charge >= 0.3 is 11.9 Å². The zero-order valence-corrected chi connectivity index (χ0v) is 19.1. The third-order valence-electron chi connectivity index (χ3n) is 5.16. The molecule has 7 nitrogen and oxygen atoms in total. The molecular weight excluding hydrogens is 398 g/mol. The molecule has 0 unspecified atom stereocenters. The fourth-order valence-corrected chi connectivity index (χ4v) is 3.75. The average Bonchev–Trinajstić information content (AvgIpc) is 2.65. The number of esters is 1. The number of carbonyl (C=O) groups excluding carboxylic acids is 2. The van der Waals surface area contributed by atoms with Crippen molar-refractivity contribution in [3.8, 4) is 5.75 Å². The molecule has 2 N–H and O–H groups in total. The van der Waals surface area contributed by atoms with Crippen molar-refractivity contribution in [3.63, 3.8) is 0 Å². The summed E-state index contributed by atoms with van der Waals surface area (Å²) in [4.78, 5) is 38.1. The first-order valence-corrected chi connectivity index (χ1v) is 10.9. The summed E-state index contributed by atoms with van der Waals surface area (Å²) in [5.41, 5.74) is 0.0947. The minimum absolute atomic E-state index is 0.144. The number of benzene rings is 1. The Labute approximate surface area is 184 Å². The van der Waals surface area contributed by atoms with Gasteiger partial charge in [0.15, 0.2) is 0 Å². The van der Waals surface area contributed by atoms with Crippen LogP contribution in [0.25, 0.3) is 0 Å². The number of hydrogen-bond donors (Lipinski definition) is 2. The normalized spacial score (nSPS) is 22.9. The molecule has 0 radical (unpaired) electrons. The largest absolute Gasteiger partial charge is 0.494 e. The molecule has 172 valence electrons. The Bertz CT molecular complexity index is 765. The van der Waals surface area contributed by atoms with E-state index in [2.05, 4.69) is 5.32 Å². The lowest BCUT2D eigenvalue weighted by Crippen LogP contribution is -2.48. The smallest absolute Gasteiger partial charge is 0.326 e. The quantitative estimate of drug-likeness (QED) is 0.704. The second kappa shape index (κ2) is 10.6. The highest BCUT2D eigenvalue weighted by atomic mass is 16.6. The molecule has 2 heterocycles. The standard InChI is InChI=1S/C24H35NO6/c1-15(2)13-19-18(23(29)31-24(3,4)5)7-6-12-30-17-10-8-16(9-11-17)14-20(22(27)28)25-21(19)26/h8-11,15,18-20H,6-7,12-14H2,1-5H3,(H,25,26)(H,27,28)/t18-,19+,20-/m0/s1. The van der Waals surface area contributed by atoms with Crippen molar-refractivity contribution in [2.45, 2.75) is 71.9 Å². The molecule has 3 rings (SSSR count). The summed E-state index contributed by atoms with van der Waals surface area (Å²) in [6.07, 6.45) is 1.58. The Morgan fingerprint density at radius 3 is 2.42 bits per heavy atom. The number of fused-ring (bicyclic) bond motifs is 11. The molecular formula is C24H35NO6. The SMILES string of the molecule is CC(C)C[C@H]1C(=O)N[C@H](C(=O)O)Cc2ccc(cc2)OCCC[C@@H]1C(=O)OC(C)(C)C. The van der Waals surface area contributed by atoms with E-state index in [9.17, 15) is 19.5 Å². The zero-order chi connectivity index (χ0) is 23.2. The molecule has 2 aliphatic heterocycles. The Kier molecular flexibility index (Phi) is 8.48. The lowest BCUT2D eigenvalue weighted by molar-refractivity contribution is -0.164. The van der Waals surface area contributed by atoms with Gasteiger partial charge in [-0.15, -0.1) is 0 Å². The summed E-state index contributed by atoms with van der Waals surface area (Å²) in [6.45, 7) is 9.73. The van der Waals surface area contributed by atoms with E-state index in [1.165, 1.54) is 0 Å². The number of rotatable bonds is 4. The van der Waals surface area contributed by atoms with Crippen LogP contribution in [0.3, 0.4) is 0 Å². The molecule has 1 aromatic carbocycles. The molecule has 1 aromatic rings. The van der Waals surface area contributed by atoms with Crippen molar-refractivity contribution >= 4 is 17.8 Å². The fourth-order valence-electron chi connectivity index (χ4n) is 3.75. The molecule has 0 spiro atoms. The zero-order valence-electron chi connectivity index (χ0n) is 19.1. The van der Waals surface area contributed by atoms with Gasteiger partial charge in [-0.3, -0.25) is 9.59 Å². The maximum atomic E-state index is 13.3. The van der Waals surface area contributed by atoms with E-state index in [1.807, 2.05) is 13.8 Å². The molecule has 1 amide bonds. The third-order valence-corrected chi connectivity index (χ3v) is 5.16. The van der Waals surface area contributed by atoms with Gasteiger partial charge in [0.2, 0.25) is 5.91 Å². The van der Waals surface area contributed by atoms with Gasteiger partial charge in [0.1, 0.15) is 17.4 Å². The van der Waals surface area contributed by atoms with Crippen LogP contribution in [-0.4, -0.2) is 41.2 Å². The van der Waals surface area contributed by atoms with Crippen molar-refractivity contribution in [1.82, 2.24) is 5.32 Å². The molecule has 2 aliphatic rings. The fraction of sp³-hybridized carbons (Fsp3) is 0.625. The van der Waals surface area contributed by atoms with Crippen LogP contribution in [-0.2, 0) is 25.5 Å². The third kappa shape index (κ3) is 7.89. The van der Waals surface area contributed by atoms with E-state index < -0.39 is 41.3 Å². The molecule has 3 atom stereocenters. The maximum Gasteiger partial charge on any atom is 0.326 e. The lowest BCUT2D eigenvalue weighted by Gasteiger charge is -2.30. The molecule has 0 aliphatic carbocycles. The van der Waals surface area contributed by atoms with Crippen LogP contribution >= 0.6 is 0 Å². The monoisotopic (exact) mass is 433 g/mol. The van der Waals surface area contributed by atoms with Crippen molar-refractivity contribution in [3.05, 3.63) is 29.8 Å². The molecule has 0 saturated heterocycles. The van der Waals surface area contributed by atoms with Crippen LogP contribution < -0.4 is 10.1 Å². The summed E-state index contributed by atoms with van der Waals surface area (Å²) in [7, 11) is 0. The Balaban J connectivity index is 2.39. The van der Waals surface area contributed by atoms with Crippen LogP contribution in [0.5, 0.6) is 5.75 Å². The Morgan fingerprint density at radius 2 is 1.87 bits per heavy atom. The summed E-state index contributed by atoms with van der Waals surface area (Å²) < 4.78 is 11.4. The summed E-state index contributed by atoms with van der Waals surface area (Å²) >= 11 is 0. The number of ether oxygens (including phenoxy) is 2. The first-order chi connectivity index (χ1) is 14.5. The minimum atomic E-state index is -1.11. The lowest BCUT2D eigenvalue weighted by atomic mass is 9.81. The van der Waals surface area contributed by atoms with Crippen LogP contribution in [0.1, 0.15) is 59.4 Å². The summed E-state index contributed by atoms with van der Waals surface area (Å²) in [5.74, 6) is -2.50. The highest BCUT2D eigenvalue weighted by Crippen LogP contribution is 2.29. The van der Waals surface area contributed by atoms with Gasteiger partial charge in [-0.2, -0.15) is 0 Å². The molecule has 0 aromatic heterocycles. The summed E-state index contributed by atoms with van der Waals surface area (Å²) in [5, 5.41) is 12.4. The number of carboxylic acids is 1. The van der Waals surface area contributed by atoms with Gasteiger partial charge < -0.3 is 19.9 Å². The molecule has 0 fully saturated rings. The van der Waals surface area contributed by atoms with Gasteiger partial charge in [-0.1, -0.05) is 26.0 Å². The van der Waals surface area contributed by atoms with E-state index in [-0.39, 0.29) is 12.3 Å². The minimum Gasteiger partial charge on any atom is -0.494 e. The van der Waals surface area contributed by atoms with Crippen LogP contribution in [0.2, 0.25) is 0 Å². The number of aliphatic carboxylic acids is 1. The van der Waals surface area contributed by atoms with Crippen molar-refractivity contribution in [2.75, 3.05) is 6.61 Å². The molecule has 7 heteroatoms. The van der Waals surface area contributed by atoms with Crippen molar-refractivity contribution in [2.24, 2.45) is 17.8 Å². The van der Waals surface area contributed by atoms with Crippen LogP contribution in [0.4, 0.5) is 0 Å². The van der Waals surface area contributed by atoms with E-state index in [1.54, 1.807) is 45.0 Å². The molecule has 2 bridgehead atoms. The molecule has 31 heavy (non-hydrogen) atoms. The predicted molar refractivity (Wildman–Crippen MR) is 117 cm³/mol. The van der Waals surface area contributed by atoms with E-state index in [0.29, 0.717) is 31.6 Å². The van der Waals surface area contributed by atoms with Crippen LogP contribution in [0, 0.1) is 17.8 Å². The second-order valence-electron chi connectivity index (χ2n) is 9.61. The van der Waals surface area contributed by atoms with E-state index >= 15 is 0 Å². The summed E-state index contributed by atoms with van der Waals surface area (Å²) in [6, 6.07) is 6.09. The van der Waals surface area contributed by atoms with Gasteiger partial charge in [-0.25, -0.2) is 4.79 Å². The number of amides is 1. The van der Waals surface area contributed by atoms with Crippen molar-refractivity contribution < 1.29 is 29.0 Å². The number of hydrogen-bond acceptors (Lipinski definition) is 5.